The standard InChI is InChI=1S/C11H16AsNO5/c1-7(2)13(8(3)14)10-6-9(12(16,17)18)4-5-11(10)15/h4-7,15H,1-3H3,(H2,16,17,18). The van der Waals surface area contributed by atoms with Crippen molar-refractivity contribution in [2.75, 3.05) is 4.90 Å². The van der Waals surface area contributed by atoms with Crippen molar-refractivity contribution >= 4 is 30.1 Å². The molecule has 0 fully saturated rings. The molecule has 1 aromatic rings. The van der Waals surface area contributed by atoms with E-state index < -0.39 is 14.2 Å². The Labute approximate surface area is 108 Å². The molecule has 18 heavy (non-hydrogen) atoms. The Morgan fingerprint density at radius 3 is 2.28 bits per heavy atom. The third-order valence-corrected chi connectivity index (χ3v) is 4.41. The number of phenols is 1. The molecule has 0 aliphatic rings. The van der Waals surface area contributed by atoms with Crippen LogP contribution in [0, 0.1) is 0 Å². The molecule has 0 unspecified atom stereocenters. The van der Waals surface area contributed by atoms with Crippen LogP contribution in [0.4, 0.5) is 5.69 Å². The average Bonchev–Trinajstić information content (AvgIpc) is 2.18. The number of carbonyl (C=O) groups is 1. The van der Waals surface area contributed by atoms with Gasteiger partial charge in [-0.05, 0) is 0 Å². The summed E-state index contributed by atoms with van der Waals surface area (Å²) < 4.78 is 29.4. The summed E-state index contributed by atoms with van der Waals surface area (Å²) in [6, 6.07) is 3.28. The summed E-state index contributed by atoms with van der Waals surface area (Å²) in [5.74, 6) is -0.498. The Balaban J connectivity index is 3.39. The molecule has 7 heteroatoms. The number of hydrogen-bond donors (Lipinski definition) is 3. The van der Waals surface area contributed by atoms with Crippen molar-refractivity contribution in [1.82, 2.24) is 0 Å². The SMILES string of the molecule is CC(=O)N(c1cc([As](=O)(O)O)ccc1O)C(C)C. The number of aromatic hydroxyl groups is 1. The van der Waals surface area contributed by atoms with Gasteiger partial charge in [0.25, 0.3) is 0 Å². The van der Waals surface area contributed by atoms with E-state index in [2.05, 4.69) is 0 Å². The first-order chi connectivity index (χ1) is 8.14. The zero-order valence-corrected chi connectivity index (χ0v) is 12.2. The van der Waals surface area contributed by atoms with Crippen LogP contribution in [0.2, 0.25) is 0 Å². The fourth-order valence-corrected chi connectivity index (χ4v) is 2.87. The van der Waals surface area contributed by atoms with Gasteiger partial charge < -0.3 is 0 Å². The van der Waals surface area contributed by atoms with Crippen molar-refractivity contribution < 1.29 is 21.8 Å². The van der Waals surface area contributed by atoms with Crippen LogP contribution >= 0.6 is 0 Å². The number of benzene rings is 1. The first kappa shape index (κ1) is 14.8. The molecule has 0 radical (unpaired) electrons. The Kier molecular flexibility index (Phi) is 4.27. The summed E-state index contributed by atoms with van der Waals surface area (Å²) in [6.07, 6.45) is 0. The Hall–Kier alpha value is -1.23. The van der Waals surface area contributed by atoms with Crippen LogP contribution in [0.1, 0.15) is 20.8 Å². The molecule has 0 atom stereocenters. The molecule has 6 nitrogen and oxygen atoms in total. The Morgan fingerprint density at radius 1 is 1.33 bits per heavy atom. The second kappa shape index (κ2) is 5.18. The molecular weight excluding hydrogens is 301 g/mol. The fourth-order valence-electron chi connectivity index (χ4n) is 1.70. The monoisotopic (exact) mass is 317 g/mol. The number of nitrogens with zero attached hydrogens (tertiary/aromatic N) is 1. The Bertz CT molecular complexity index is 508. The molecule has 0 aliphatic carbocycles. The van der Waals surface area contributed by atoms with Crippen LogP contribution in [-0.2, 0) is 8.53 Å². The minimum absolute atomic E-state index is 0.111. The van der Waals surface area contributed by atoms with Crippen LogP contribution in [0.5, 0.6) is 5.75 Å². The number of rotatable bonds is 3. The summed E-state index contributed by atoms with van der Waals surface area (Å²) >= 11 is -5.04. The van der Waals surface area contributed by atoms with Gasteiger partial charge in [0.15, 0.2) is 0 Å². The van der Waals surface area contributed by atoms with Crippen molar-refractivity contribution in [1.29, 1.82) is 0 Å². The van der Waals surface area contributed by atoms with Crippen molar-refractivity contribution in [3.63, 3.8) is 0 Å². The quantitative estimate of drug-likeness (QED) is 0.666. The summed E-state index contributed by atoms with van der Waals surface area (Å²) in [7, 11) is 0. The zero-order chi connectivity index (χ0) is 14.1. The van der Waals surface area contributed by atoms with Crippen LogP contribution in [0.15, 0.2) is 18.2 Å². The topological polar surface area (TPSA) is 98.1 Å². The number of anilines is 1. The van der Waals surface area contributed by atoms with Crippen molar-refractivity contribution in [3.05, 3.63) is 18.2 Å². The van der Waals surface area contributed by atoms with Crippen molar-refractivity contribution in [2.24, 2.45) is 0 Å². The molecule has 0 aliphatic heterocycles. The van der Waals surface area contributed by atoms with Crippen LogP contribution < -0.4 is 9.25 Å². The van der Waals surface area contributed by atoms with Gasteiger partial charge in [-0.25, -0.2) is 0 Å². The summed E-state index contributed by atoms with van der Waals surface area (Å²) in [4.78, 5) is 12.8. The molecule has 0 saturated carbocycles. The zero-order valence-electron chi connectivity index (χ0n) is 10.4. The van der Waals surface area contributed by atoms with Crippen LogP contribution in [0.3, 0.4) is 0 Å². The second-order valence-electron chi connectivity index (χ2n) is 4.20. The molecule has 0 spiro atoms. The molecule has 0 aromatic heterocycles. The molecular formula is C11H16AsNO5. The van der Waals surface area contributed by atoms with E-state index in [1.54, 1.807) is 13.8 Å². The third kappa shape index (κ3) is 3.16. The minimum atomic E-state index is -5.04. The third-order valence-electron chi connectivity index (χ3n) is 2.41. The molecule has 1 aromatic carbocycles. The van der Waals surface area contributed by atoms with E-state index in [0.29, 0.717) is 0 Å². The summed E-state index contributed by atoms with van der Waals surface area (Å²) in [5, 5.41) is 9.73. The number of hydrogen-bond acceptors (Lipinski definition) is 3. The number of carbonyl (C=O) groups excluding carboxylic acids is 1. The Morgan fingerprint density at radius 2 is 1.89 bits per heavy atom. The van der Waals surface area contributed by atoms with E-state index in [4.69, 9.17) is 8.19 Å². The van der Waals surface area contributed by atoms with Gasteiger partial charge in [0.2, 0.25) is 0 Å². The predicted molar refractivity (Wildman–Crippen MR) is 66.9 cm³/mol. The van der Waals surface area contributed by atoms with Gasteiger partial charge in [0, 0.05) is 0 Å². The summed E-state index contributed by atoms with van der Waals surface area (Å²) in [6.45, 7) is 4.82. The maximum absolute atomic E-state index is 11.5. The average molecular weight is 317 g/mol. The van der Waals surface area contributed by atoms with E-state index in [9.17, 15) is 13.6 Å². The van der Waals surface area contributed by atoms with Gasteiger partial charge in [-0.1, -0.05) is 0 Å². The van der Waals surface area contributed by atoms with Gasteiger partial charge in [-0.2, -0.15) is 0 Å². The second-order valence-corrected chi connectivity index (χ2v) is 7.57. The van der Waals surface area contributed by atoms with E-state index in [1.807, 2.05) is 0 Å². The van der Waals surface area contributed by atoms with Gasteiger partial charge in [-0.3, -0.25) is 0 Å². The fraction of sp³-hybridized carbons (Fsp3) is 0.364. The van der Waals surface area contributed by atoms with Gasteiger partial charge in [-0.15, -0.1) is 0 Å². The number of amides is 1. The summed E-state index contributed by atoms with van der Waals surface area (Å²) in [5.41, 5.74) is 0.111. The molecule has 1 rings (SSSR count). The van der Waals surface area contributed by atoms with E-state index in [1.165, 1.54) is 17.9 Å². The normalized spacial score (nSPS) is 11.7. The van der Waals surface area contributed by atoms with E-state index in [0.717, 1.165) is 12.1 Å². The number of phenolic OH excluding ortho intramolecular Hbond substituents is 1. The van der Waals surface area contributed by atoms with Crippen LogP contribution in [-0.4, -0.2) is 39.4 Å². The molecule has 100 valence electrons. The molecule has 0 bridgehead atoms. The van der Waals surface area contributed by atoms with Crippen LogP contribution in [0.25, 0.3) is 0 Å². The molecule has 1 amide bonds. The van der Waals surface area contributed by atoms with Crippen molar-refractivity contribution in [3.8, 4) is 5.75 Å². The first-order valence-electron chi connectivity index (χ1n) is 5.33. The van der Waals surface area contributed by atoms with Gasteiger partial charge in [0.05, 0.1) is 0 Å². The van der Waals surface area contributed by atoms with E-state index >= 15 is 0 Å². The van der Waals surface area contributed by atoms with E-state index in [-0.39, 0.29) is 27.7 Å². The van der Waals surface area contributed by atoms with Crippen molar-refractivity contribution in [2.45, 2.75) is 26.8 Å². The van der Waals surface area contributed by atoms with Gasteiger partial charge in [0.1, 0.15) is 0 Å². The first-order valence-corrected chi connectivity index (χ1v) is 8.71. The predicted octanol–water partition coefficient (Wildman–Crippen LogP) is -0.286. The molecule has 3 N–H and O–H groups in total. The molecule has 0 heterocycles. The van der Waals surface area contributed by atoms with Gasteiger partial charge >= 0.3 is 108 Å². The molecule has 0 saturated heterocycles. The maximum atomic E-state index is 11.5.